The molecular formula is C15H19N3O2S. The molecule has 1 N–H and O–H groups in total. The van der Waals surface area contributed by atoms with Crippen LogP contribution in [-0.2, 0) is 16.1 Å². The van der Waals surface area contributed by atoms with Crippen LogP contribution in [-0.4, -0.2) is 34.2 Å². The second kappa shape index (κ2) is 5.61. The highest BCUT2D eigenvalue weighted by atomic mass is 32.1. The number of thiophene rings is 1. The lowest BCUT2D eigenvalue weighted by atomic mass is 10.0. The predicted octanol–water partition coefficient (Wildman–Crippen LogP) is 2.30. The number of hydrogen-bond donors (Lipinski definition) is 1. The summed E-state index contributed by atoms with van der Waals surface area (Å²) in [6, 6.07) is 4.46. The first-order valence-electron chi connectivity index (χ1n) is 7.03. The molecule has 1 aliphatic rings. The van der Waals surface area contributed by atoms with Gasteiger partial charge < -0.3 is 9.30 Å². The first kappa shape index (κ1) is 14.3. The van der Waals surface area contributed by atoms with Gasteiger partial charge in [0.25, 0.3) is 0 Å². The van der Waals surface area contributed by atoms with Crippen LogP contribution in [0.2, 0.25) is 0 Å². The quantitative estimate of drug-likeness (QED) is 0.832. The fourth-order valence-electron chi connectivity index (χ4n) is 2.48. The molecule has 1 atom stereocenters. The predicted molar refractivity (Wildman–Crippen MR) is 82.1 cm³/mol. The average Bonchev–Trinajstić information content (AvgIpc) is 2.95. The van der Waals surface area contributed by atoms with Crippen LogP contribution in [0.25, 0.3) is 10.7 Å². The molecule has 1 aliphatic carbocycles. The van der Waals surface area contributed by atoms with Gasteiger partial charge in [-0.3, -0.25) is 5.32 Å². The van der Waals surface area contributed by atoms with E-state index < -0.39 is 5.54 Å². The van der Waals surface area contributed by atoms with Crippen molar-refractivity contribution in [3.63, 3.8) is 0 Å². The van der Waals surface area contributed by atoms with Gasteiger partial charge in [0.05, 0.1) is 18.5 Å². The third kappa shape index (κ3) is 3.01. The topological polar surface area (TPSA) is 56.2 Å². The highest BCUT2D eigenvalue weighted by molar-refractivity contribution is 7.13. The molecule has 1 fully saturated rings. The molecule has 21 heavy (non-hydrogen) atoms. The van der Waals surface area contributed by atoms with Gasteiger partial charge in [-0.1, -0.05) is 6.07 Å². The maximum Gasteiger partial charge on any atom is 0.327 e. The Morgan fingerprint density at radius 3 is 3.05 bits per heavy atom. The Kier molecular flexibility index (Phi) is 3.82. The van der Waals surface area contributed by atoms with Gasteiger partial charge in [-0.15, -0.1) is 11.3 Å². The van der Waals surface area contributed by atoms with Crippen molar-refractivity contribution in [1.82, 2.24) is 14.9 Å². The van der Waals surface area contributed by atoms with Crippen molar-refractivity contribution in [3.05, 3.63) is 29.9 Å². The van der Waals surface area contributed by atoms with Crippen LogP contribution < -0.4 is 5.32 Å². The number of methoxy groups -OCH3 is 1. The van der Waals surface area contributed by atoms with Gasteiger partial charge in [0, 0.05) is 18.4 Å². The van der Waals surface area contributed by atoms with E-state index in [0.29, 0.717) is 12.6 Å². The van der Waals surface area contributed by atoms with Gasteiger partial charge in [0.15, 0.2) is 0 Å². The number of carbonyl (C=O) groups excluding carboxylic acids is 1. The molecule has 112 valence electrons. The Morgan fingerprint density at radius 1 is 1.62 bits per heavy atom. The van der Waals surface area contributed by atoms with Crippen LogP contribution in [0.1, 0.15) is 19.8 Å². The molecule has 0 saturated heterocycles. The molecule has 0 aromatic carbocycles. The van der Waals surface area contributed by atoms with E-state index in [1.165, 1.54) is 7.11 Å². The Balaban J connectivity index is 1.86. The molecule has 0 radical (unpaired) electrons. The van der Waals surface area contributed by atoms with Crippen molar-refractivity contribution in [3.8, 4) is 10.7 Å². The van der Waals surface area contributed by atoms with Crippen molar-refractivity contribution < 1.29 is 9.53 Å². The third-order valence-electron chi connectivity index (χ3n) is 3.68. The van der Waals surface area contributed by atoms with E-state index in [1.807, 2.05) is 35.2 Å². The maximum absolute atomic E-state index is 12.2. The summed E-state index contributed by atoms with van der Waals surface area (Å²) in [5.74, 6) is 0.651. The minimum atomic E-state index is -0.734. The summed E-state index contributed by atoms with van der Waals surface area (Å²) < 4.78 is 7.00. The second-order valence-corrected chi connectivity index (χ2v) is 6.55. The van der Waals surface area contributed by atoms with Gasteiger partial charge in [-0.05, 0) is 31.2 Å². The summed E-state index contributed by atoms with van der Waals surface area (Å²) in [5.41, 5.74) is -0.734. The minimum Gasteiger partial charge on any atom is -0.468 e. The normalized spacial score (nSPS) is 17.4. The van der Waals surface area contributed by atoms with E-state index in [4.69, 9.17) is 4.74 Å². The molecule has 0 bridgehead atoms. The van der Waals surface area contributed by atoms with E-state index >= 15 is 0 Å². The largest absolute Gasteiger partial charge is 0.468 e. The summed E-state index contributed by atoms with van der Waals surface area (Å²) in [6.07, 6.45) is 5.91. The first-order valence-corrected chi connectivity index (χ1v) is 7.91. The van der Waals surface area contributed by atoms with E-state index in [0.717, 1.165) is 23.5 Å². The molecule has 2 heterocycles. The first-order chi connectivity index (χ1) is 10.1. The number of nitrogens with one attached hydrogen (secondary N) is 1. The Hall–Kier alpha value is -1.66. The van der Waals surface area contributed by atoms with Crippen LogP contribution in [0, 0.1) is 0 Å². The minimum absolute atomic E-state index is 0.236. The SMILES string of the molecule is COC(=O)C(C)(Cn1ccnc1-c1cccs1)NC1CC1. The zero-order chi connectivity index (χ0) is 14.9. The molecule has 0 spiro atoms. The van der Waals surface area contributed by atoms with Gasteiger partial charge in [-0.25, -0.2) is 9.78 Å². The van der Waals surface area contributed by atoms with E-state index in [1.54, 1.807) is 17.5 Å². The smallest absolute Gasteiger partial charge is 0.327 e. The summed E-state index contributed by atoms with van der Waals surface area (Å²) >= 11 is 1.64. The second-order valence-electron chi connectivity index (χ2n) is 5.60. The van der Waals surface area contributed by atoms with Crippen LogP contribution in [0.3, 0.4) is 0 Å². The van der Waals surface area contributed by atoms with Crippen molar-refractivity contribution in [2.45, 2.75) is 37.9 Å². The van der Waals surface area contributed by atoms with Gasteiger partial charge in [0.2, 0.25) is 0 Å². The standard InChI is InChI=1S/C15H19N3O2S/c1-15(14(19)20-2,17-11-5-6-11)10-18-8-7-16-13(18)12-4-3-9-21-12/h3-4,7-9,11,17H,5-6,10H2,1-2H3. The van der Waals surface area contributed by atoms with Crippen molar-refractivity contribution in [1.29, 1.82) is 0 Å². The summed E-state index contributed by atoms with van der Waals surface area (Å²) in [6.45, 7) is 2.40. The number of esters is 1. The van der Waals surface area contributed by atoms with E-state index in [9.17, 15) is 4.79 Å². The Morgan fingerprint density at radius 2 is 2.43 bits per heavy atom. The number of rotatable bonds is 6. The molecule has 1 saturated carbocycles. The van der Waals surface area contributed by atoms with Crippen molar-refractivity contribution >= 4 is 17.3 Å². The fraction of sp³-hybridized carbons (Fsp3) is 0.467. The summed E-state index contributed by atoms with van der Waals surface area (Å²) in [7, 11) is 1.43. The van der Waals surface area contributed by atoms with E-state index in [2.05, 4.69) is 10.3 Å². The van der Waals surface area contributed by atoms with Crippen molar-refractivity contribution in [2.75, 3.05) is 7.11 Å². The number of ether oxygens (including phenoxy) is 1. The monoisotopic (exact) mass is 305 g/mol. The Bertz CT molecular complexity index is 619. The molecule has 1 unspecified atom stereocenters. The zero-order valence-corrected chi connectivity index (χ0v) is 13.0. The molecule has 6 heteroatoms. The van der Waals surface area contributed by atoms with E-state index in [-0.39, 0.29) is 5.97 Å². The maximum atomic E-state index is 12.2. The third-order valence-corrected chi connectivity index (χ3v) is 4.55. The summed E-state index contributed by atoms with van der Waals surface area (Å²) in [5, 5.41) is 5.43. The number of hydrogen-bond acceptors (Lipinski definition) is 5. The highest BCUT2D eigenvalue weighted by Crippen LogP contribution is 2.27. The lowest BCUT2D eigenvalue weighted by Gasteiger charge is -2.29. The number of aromatic nitrogens is 2. The van der Waals surface area contributed by atoms with Crippen LogP contribution in [0.15, 0.2) is 29.9 Å². The number of carbonyl (C=O) groups is 1. The fourth-order valence-corrected chi connectivity index (χ4v) is 3.22. The van der Waals surface area contributed by atoms with Crippen LogP contribution in [0.5, 0.6) is 0 Å². The average molecular weight is 305 g/mol. The Labute approximate surface area is 128 Å². The van der Waals surface area contributed by atoms with Gasteiger partial charge >= 0.3 is 5.97 Å². The highest BCUT2D eigenvalue weighted by Gasteiger charge is 2.40. The molecule has 0 aliphatic heterocycles. The lowest BCUT2D eigenvalue weighted by Crippen LogP contribution is -2.54. The molecule has 2 aromatic heterocycles. The zero-order valence-electron chi connectivity index (χ0n) is 12.2. The number of imidazole rings is 1. The van der Waals surface area contributed by atoms with Gasteiger partial charge in [-0.2, -0.15) is 0 Å². The molecule has 2 aromatic rings. The number of nitrogens with zero attached hydrogens (tertiary/aromatic N) is 2. The molecule has 0 amide bonds. The molecular weight excluding hydrogens is 286 g/mol. The molecule has 5 nitrogen and oxygen atoms in total. The van der Waals surface area contributed by atoms with Gasteiger partial charge in [0.1, 0.15) is 11.4 Å². The van der Waals surface area contributed by atoms with Crippen LogP contribution >= 0.6 is 11.3 Å². The van der Waals surface area contributed by atoms with Crippen LogP contribution in [0.4, 0.5) is 0 Å². The lowest BCUT2D eigenvalue weighted by molar-refractivity contribution is -0.148. The van der Waals surface area contributed by atoms with Crippen molar-refractivity contribution in [2.24, 2.45) is 0 Å². The summed E-state index contributed by atoms with van der Waals surface area (Å²) in [4.78, 5) is 17.7. The molecule has 3 rings (SSSR count).